The predicted molar refractivity (Wildman–Crippen MR) is 90.7 cm³/mol. The van der Waals surface area contributed by atoms with E-state index in [2.05, 4.69) is 21.2 Å². The minimum Gasteiger partial charge on any atom is -0.497 e. The standard InChI is InChI=1S/C17H13BrN2O3/c1-22-12-5-3-11(4-6-12)20-17(21)14-9-16(19)23-15-7-2-10(18)8-13(14)15/h2-9,19H,1H3,(H,20,21). The third-order valence-electron chi connectivity index (χ3n) is 3.32. The van der Waals surface area contributed by atoms with Gasteiger partial charge in [0.05, 0.1) is 12.7 Å². The van der Waals surface area contributed by atoms with Gasteiger partial charge in [0, 0.05) is 21.6 Å². The Morgan fingerprint density at radius 2 is 1.91 bits per heavy atom. The van der Waals surface area contributed by atoms with E-state index in [9.17, 15) is 4.79 Å². The quantitative estimate of drug-likeness (QED) is 0.730. The Hall–Kier alpha value is -2.60. The number of carbonyl (C=O) groups is 1. The van der Waals surface area contributed by atoms with E-state index in [0.29, 0.717) is 28.0 Å². The lowest BCUT2D eigenvalue weighted by atomic mass is 10.1. The van der Waals surface area contributed by atoms with Gasteiger partial charge in [0.15, 0.2) is 0 Å². The zero-order valence-electron chi connectivity index (χ0n) is 12.2. The molecule has 116 valence electrons. The van der Waals surface area contributed by atoms with Crippen LogP contribution < -0.4 is 15.6 Å². The normalized spacial score (nSPS) is 10.5. The van der Waals surface area contributed by atoms with Crippen molar-refractivity contribution in [2.45, 2.75) is 0 Å². The molecule has 1 aromatic heterocycles. The molecule has 0 saturated heterocycles. The molecule has 0 unspecified atom stereocenters. The minimum absolute atomic E-state index is 0.0697. The van der Waals surface area contributed by atoms with Gasteiger partial charge in [0.25, 0.3) is 5.91 Å². The van der Waals surface area contributed by atoms with Crippen LogP contribution in [0.4, 0.5) is 5.69 Å². The highest BCUT2D eigenvalue weighted by atomic mass is 79.9. The molecular formula is C17H13BrN2O3. The number of hydrogen-bond acceptors (Lipinski definition) is 4. The molecule has 2 aromatic carbocycles. The second kappa shape index (κ2) is 6.26. The van der Waals surface area contributed by atoms with Crippen molar-refractivity contribution in [2.24, 2.45) is 0 Å². The Bertz CT molecular complexity index is 933. The summed E-state index contributed by atoms with van der Waals surface area (Å²) in [6, 6.07) is 13.8. The fourth-order valence-corrected chi connectivity index (χ4v) is 2.58. The number of rotatable bonds is 3. The highest BCUT2D eigenvalue weighted by Crippen LogP contribution is 2.23. The summed E-state index contributed by atoms with van der Waals surface area (Å²) in [4.78, 5) is 12.6. The van der Waals surface area contributed by atoms with Crippen molar-refractivity contribution in [3.63, 3.8) is 0 Å². The summed E-state index contributed by atoms with van der Waals surface area (Å²) < 4.78 is 11.3. The van der Waals surface area contributed by atoms with E-state index in [1.165, 1.54) is 6.07 Å². The second-order valence-corrected chi connectivity index (χ2v) is 5.76. The van der Waals surface area contributed by atoms with Gasteiger partial charge in [-0.2, -0.15) is 0 Å². The average molecular weight is 373 g/mol. The molecule has 3 rings (SSSR count). The summed E-state index contributed by atoms with van der Waals surface area (Å²) in [7, 11) is 1.58. The van der Waals surface area contributed by atoms with Gasteiger partial charge in [-0.1, -0.05) is 15.9 Å². The molecule has 0 bridgehead atoms. The highest BCUT2D eigenvalue weighted by molar-refractivity contribution is 9.10. The van der Waals surface area contributed by atoms with E-state index in [-0.39, 0.29) is 11.5 Å². The smallest absolute Gasteiger partial charge is 0.256 e. The monoisotopic (exact) mass is 372 g/mol. The number of amides is 1. The number of carbonyl (C=O) groups excluding carboxylic acids is 1. The molecule has 23 heavy (non-hydrogen) atoms. The van der Waals surface area contributed by atoms with Crippen LogP contribution in [0.3, 0.4) is 0 Å². The Balaban J connectivity index is 1.99. The predicted octanol–water partition coefficient (Wildman–Crippen LogP) is 3.94. The summed E-state index contributed by atoms with van der Waals surface area (Å²) in [6.07, 6.45) is 0. The molecule has 6 heteroatoms. The summed E-state index contributed by atoms with van der Waals surface area (Å²) >= 11 is 3.38. The van der Waals surface area contributed by atoms with Crippen molar-refractivity contribution in [1.29, 1.82) is 5.41 Å². The number of methoxy groups -OCH3 is 1. The lowest BCUT2D eigenvalue weighted by Gasteiger charge is -2.08. The Labute approximate surface area is 140 Å². The second-order valence-electron chi connectivity index (χ2n) is 4.85. The lowest BCUT2D eigenvalue weighted by Crippen LogP contribution is -2.15. The zero-order chi connectivity index (χ0) is 16.4. The molecule has 1 heterocycles. The van der Waals surface area contributed by atoms with E-state index in [1.807, 2.05) is 0 Å². The van der Waals surface area contributed by atoms with Crippen molar-refractivity contribution < 1.29 is 13.9 Å². The van der Waals surface area contributed by atoms with Gasteiger partial charge in [0.2, 0.25) is 5.55 Å². The van der Waals surface area contributed by atoms with Crippen LogP contribution in [-0.4, -0.2) is 13.0 Å². The molecule has 0 aliphatic heterocycles. The van der Waals surface area contributed by atoms with Crippen molar-refractivity contribution >= 4 is 38.5 Å². The Kier molecular flexibility index (Phi) is 4.16. The SMILES string of the molecule is COc1ccc(NC(=O)c2cc(=N)oc3ccc(Br)cc23)cc1. The highest BCUT2D eigenvalue weighted by Gasteiger charge is 2.13. The first kappa shape index (κ1) is 15.3. The first-order chi connectivity index (χ1) is 11.1. The number of benzene rings is 2. The number of anilines is 1. The number of nitrogens with one attached hydrogen (secondary N) is 2. The first-order valence-electron chi connectivity index (χ1n) is 6.80. The van der Waals surface area contributed by atoms with Crippen LogP contribution in [0.15, 0.2) is 57.4 Å². The van der Waals surface area contributed by atoms with Crippen LogP contribution in [0.1, 0.15) is 10.4 Å². The maximum atomic E-state index is 12.6. The molecule has 0 radical (unpaired) electrons. The molecule has 0 aliphatic rings. The maximum Gasteiger partial charge on any atom is 0.256 e. The molecule has 2 N–H and O–H groups in total. The lowest BCUT2D eigenvalue weighted by molar-refractivity contribution is 0.102. The summed E-state index contributed by atoms with van der Waals surface area (Å²) in [6.45, 7) is 0. The van der Waals surface area contributed by atoms with Gasteiger partial charge in [-0.15, -0.1) is 0 Å². The van der Waals surface area contributed by atoms with Gasteiger partial charge in [-0.3, -0.25) is 10.2 Å². The van der Waals surface area contributed by atoms with Crippen molar-refractivity contribution in [3.05, 3.63) is 64.1 Å². The topological polar surface area (TPSA) is 75.3 Å². The van der Waals surface area contributed by atoms with Crippen LogP contribution in [0.2, 0.25) is 0 Å². The van der Waals surface area contributed by atoms with Gasteiger partial charge in [-0.25, -0.2) is 0 Å². The molecule has 1 amide bonds. The largest absolute Gasteiger partial charge is 0.497 e. The Morgan fingerprint density at radius 3 is 2.61 bits per heavy atom. The molecule has 0 saturated carbocycles. The van der Waals surface area contributed by atoms with Crippen LogP contribution in [0.5, 0.6) is 5.75 Å². The first-order valence-corrected chi connectivity index (χ1v) is 7.59. The molecule has 0 atom stereocenters. The van der Waals surface area contributed by atoms with Crippen LogP contribution >= 0.6 is 15.9 Å². The zero-order valence-corrected chi connectivity index (χ0v) is 13.8. The fourth-order valence-electron chi connectivity index (χ4n) is 2.22. The number of ether oxygens (including phenoxy) is 1. The summed E-state index contributed by atoms with van der Waals surface area (Å²) in [5.74, 6) is 0.409. The van der Waals surface area contributed by atoms with Gasteiger partial charge in [0.1, 0.15) is 11.3 Å². The molecule has 0 fully saturated rings. The van der Waals surface area contributed by atoms with Gasteiger partial charge < -0.3 is 14.5 Å². The number of fused-ring (bicyclic) bond motifs is 1. The van der Waals surface area contributed by atoms with E-state index >= 15 is 0 Å². The third-order valence-corrected chi connectivity index (χ3v) is 3.81. The molecule has 5 nitrogen and oxygen atoms in total. The number of hydrogen-bond donors (Lipinski definition) is 2. The fraction of sp³-hybridized carbons (Fsp3) is 0.0588. The van der Waals surface area contributed by atoms with Crippen LogP contribution in [0, 0.1) is 5.41 Å². The van der Waals surface area contributed by atoms with Gasteiger partial charge >= 0.3 is 0 Å². The van der Waals surface area contributed by atoms with Crippen molar-refractivity contribution in [2.75, 3.05) is 12.4 Å². The van der Waals surface area contributed by atoms with Crippen LogP contribution in [0.25, 0.3) is 11.0 Å². The number of halogens is 1. The molecule has 3 aromatic rings. The van der Waals surface area contributed by atoms with E-state index in [0.717, 1.165) is 4.47 Å². The summed E-state index contributed by atoms with van der Waals surface area (Å²) in [5.41, 5.74) is 1.44. The maximum absolute atomic E-state index is 12.6. The third kappa shape index (κ3) is 3.27. The Morgan fingerprint density at radius 1 is 1.17 bits per heavy atom. The molecular weight excluding hydrogens is 360 g/mol. The van der Waals surface area contributed by atoms with Gasteiger partial charge in [-0.05, 0) is 42.5 Å². The average Bonchev–Trinajstić information content (AvgIpc) is 2.55. The molecule has 0 spiro atoms. The van der Waals surface area contributed by atoms with Crippen molar-refractivity contribution in [3.8, 4) is 5.75 Å². The van der Waals surface area contributed by atoms with E-state index in [1.54, 1.807) is 49.6 Å². The van der Waals surface area contributed by atoms with E-state index < -0.39 is 0 Å². The minimum atomic E-state index is -0.303. The summed E-state index contributed by atoms with van der Waals surface area (Å²) in [5, 5.41) is 11.2. The molecule has 0 aliphatic carbocycles. The van der Waals surface area contributed by atoms with Crippen LogP contribution in [-0.2, 0) is 0 Å². The van der Waals surface area contributed by atoms with E-state index in [4.69, 9.17) is 14.6 Å². The van der Waals surface area contributed by atoms with Crippen molar-refractivity contribution in [1.82, 2.24) is 0 Å².